The van der Waals surface area contributed by atoms with E-state index < -0.39 is 5.97 Å². The Bertz CT molecular complexity index is 607. The summed E-state index contributed by atoms with van der Waals surface area (Å²) in [7, 11) is 1.31. The first-order valence-electron chi connectivity index (χ1n) is 5.15. The van der Waals surface area contributed by atoms with E-state index in [1.807, 2.05) is 12.3 Å². The van der Waals surface area contributed by atoms with Crippen LogP contribution in [0.1, 0.15) is 16.2 Å². The highest BCUT2D eigenvalue weighted by Gasteiger charge is 2.10. The number of methoxy groups -OCH3 is 1. The molecule has 5 nitrogen and oxygen atoms in total. The molecule has 0 unspecified atom stereocenters. The molecule has 6 heteroatoms. The van der Waals surface area contributed by atoms with Gasteiger partial charge in [0.15, 0.2) is 0 Å². The van der Waals surface area contributed by atoms with Crippen LogP contribution in [0.3, 0.4) is 0 Å². The van der Waals surface area contributed by atoms with Crippen molar-refractivity contribution in [3.63, 3.8) is 0 Å². The van der Waals surface area contributed by atoms with Gasteiger partial charge in [0.2, 0.25) is 0 Å². The molecule has 0 aliphatic heterocycles. The topological polar surface area (TPSA) is 70.1 Å². The Morgan fingerprint density at radius 2 is 2.28 bits per heavy atom. The lowest BCUT2D eigenvalue weighted by molar-refractivity contribution is 0.0594. The number of ether oxygens (including phenoxy) is 1. The largest absolute Gasteiger partial charge is 0.464 e. The van der Waals surface area contributed by atoms with E-state index in [9.17, 15) is 4.79 Å². The maximum Gasteiger partial charge on any atom is 0.356 e. The number of hydrogen-bond acceptors (Lipinski definition) is 4. The van der Waals surface area contributed by atoms with Crippen LogP contribution in [0.25, 0.3) is 5.69 Å². The second kappa shape index (κ2) is 4.97. The molecule has 0 saturated heterocycles. The number of aromatic nitrogens is 2. The van der Waals surface area contributed by atoms with Gasteiger partial charge in [0, 0.05) is 18.1 Å². The molecule has 2 N–H and O–H groups in total. The van der Waals surface area contributed by atoms with Crippen molar-refractivity contribution in [2.45, 2.75) is 0 Å². The van der Waals surface area contributed by atoms with Crippen molar-refractivity contribution in [2.24, 2.45) is 5.73 Å². The van der Waals surface area contributed by atoms with Crippen molar-refractivity contribution in [1.82, 2.24) is 9.55 Å². The molecule has 0 aliphatic rings. The molecule has 0 atom stereocenters. The van der Waals surface area contributed by atoms with Crippen LogP contribution in [0.5, 0.6) is 0 Å². The van der Waals surface area contributed by atoms with E-state index in [4.69, 9.17) is 18.0 Å². The first kappa shape index (κ1) is 12.3. The second-order valence-electron chi connectivity index (χ2n) is 3.52. The van der Waals surface area contributed by atoms with Gasteiger partial charge in [-0.1, -0.05) is 12.2 Å². The molecule has 92 valence electrons. The minimum absolute atomic E-state index is 0.234. The van der Waals surface area contributed by atoms with Crippen LogP contribution in [-0.2, 0) is 4.74 Å². The molecule has 2 heterocycles. The number of esters is 1. The molecular formula is C12H11N3O2S. The number of pyridine rings is 1. The maximum atomic E-state index is 11.4. The number of rotatable bonds is 3. The third-order valence-electron chi connectivity index (χ3n) is 2.42. The van der Waals surface area contributed by atoms with Crippen molar-refractivity contribution in [2.75, 3.05) is 7.11 Å². The summed E-state index contributed by atoms with van der Waals surface area (Å²) < 4.78 is 6.41. The molecule has 0 bridgehead atoms. The predicted molar refractivity (Wildman–Crippen MR) is 70.8 cm³/mol. The van der Waals surface area contributed by atoms with Crippen LogP contribution in [0.15, 0.2) is 36.7 Å². The van der Waals surface area contributed by atoms with Gasteiger partial charge in [-0.05, 0) is 24.3 Å². The Labute approximate surface area is 109 Å². The van der Waals surface area contributed by atoms with Crippen LogP contribution < -0.4 is 5.73 Å². The van der Waals surface area contributed by atoms with E-state index in [-0.39, 0.29) is 10.7 Å². The fourth-order valence-corrected chi connectivity index (χ4v) is 1.76. The van der Waals surface area contributed by atoms with Crippen molar-refractivity contribution >= 4 is 23.2 Å². The summed E-state index contributed by atoms with van der Waals surface area (Å²) in [6, 6.07) is 7.01. The summed E-state index contributed by atoms with van der Waals surface area (Å²) in [6.07, 6.45) is 3.34. The average Bonchev–Trinajstić information content (AvgIpc) is 2.87. The first-order valence-corrected chi connectivity index (χ1v) is 5.56. The lowest BCUT2D eigenvalue weighted by Gasteiger charge is -2.08. The monoisotopic (exact) mass is 261 g/mol. The minimum Gasteiger partial charge on any atom is -0.464 e. The summed E-state index contributed by atoms with van der Waals surface area (Å²) in [5, 5.41) is 0. The molecule has 0 amide bonds. The highest BCUT2D eigenvalue weighted by atomic mass is 32.1. The van der Waals surface area contributed by atoms with Crippen molar-refractivity contribution in [1.29, 1.82) is 0 Å². The van der Waals surface area contributed by atoms with E-state index in [1.165, 1.54) is 13.3 Å². The second-order valence-corrected chi connectivity index (χ2v) is 3.96. The van der Waals surface area contributed by atoms with Gasteiger partial charge in [-0.25, -0.2) is 9.78 Å². The summed E-state index contributed by atoms with van der Waals surface area (Å²) in [6.45, 7) is 0. The number of hydrogen-bond donors (Lipinski definition) is 1. The van der Waals surface area contributed by atoms with Gasteiger partial charge >= 0.3 is 5.97 Å². The fraction of sp³-hybridized carbons (Fsp3) is 0.0833. The number of thiocarbonyl (C=S) groups is 1. The minimum atomic E-state index is -0.485. The highest BCUT2D eigenvalue weighted by Crippen LogP contribution is 2.13. The van der Waals surface area contributed by atoms with Gasteiger partial charge in [-0.2, -0.15) is 0 Å². The van der Waals surface area contributed by atoms with Crippen LogP contribution in [0, 0.1) is 0 Å². The molecule has 0 fully saturated rings. The molecule has 0 aliphatic carbocycles. The number of carbonyl (C=O) groups excluding carboxylic acids is 1. The van der Waals surface area contributed by atoms with Gasteiger partial charge in [-0.15, -0.1) is 0 Å². The molecule has 0 spiro atoms. The lowest BCUT2D eigenvalue weighted by atomic mass is 10.3. The fourth-order valence-electron chi connectivity index (χ4n) is 1.59. The summed E-state index contributed by atoms with van der Waals surface area (Å²) in [4.78, 5) is 15.6. The Balaban J connectivity index is 2.48. The maximum absolute atomic E-state index is 11.4. The SMILES string of the molecule is COC(=O)c1cc(-n2cccc2C(N)=S)ccn1. The number of nitrogens with zero attached hydrogens (tertiary/aromatic N) is 2. The smallest absolute Gasteiger partial charge is 0.356 e. The summed E-state index contributed by atoms with van der Waals surface area (Å²) in [5.74, 6) is -0.485. The molecule has 0 saturated carbocycles. The molecule has 0 aromatic carbocycles. The Hall–Kier alpha value is -2.21. The number of nitrogens with two attached hydrogens (primary N) is 1. The van der Waals surface area contributed by atoms with Gasteiger partial charge in [-0.3, -0.25) is 0 Å². The van der Waals surface area contributed by atoms with Crippen LogP contribution in [0.4, 0.5) is 0 Å². The van der Waals surface area contributed by atoms with Crippen LogP contribution >= 0.6 is 12.2 Å². The molecule has 2 rings (SSSR count). The molecular weight excluding hydrogens is 250 g/mol. The Morgan fingerprint density at radius 3 is 2.94 bits per heavy atom. The standard InChI is InChI=1S/C12H11N3O2S/c1-17-12(16)9-7-8(4-5-14-9)15-6-2-3-10(15)11(13)18/h2-7H,1H3,(H2,13,18). The van der Waals surface area contributed by atoms with Crippen LogP contribution in [0.2, 0.25) is 0 Å². The predicted octanol–water partition coefficient (Wildman–Crippen LogP) is 1.29. The average molecular weight is 261 g/mol. The zero-order valence-electron chi connectivity index (χ0n) is 9.66. The van der Waals surface area contributed by atoms with Crippen molar-refractivity contribution in [3.05, 3.63) is 48.0 Å². The normalized spacial score (nSPS) is 10.1. The summed E-state index contributed by atoms with van der Waals surface area (Å²) >= 11 is 4.96. The third kappa shape index (κ3) is 2.23. The first-order chi connectivity index (χ1) is 8.63. The molecule has 0 radical (unpaired) electrons. The van der Waals surface area contributed by atoms with E-state index >= 15 is 0 Å². The highest BCUT2D eigenvalue weighted by molar-refractivity contribution is 7.80. The lowest BCUT2D eigenvalue weighted by Crippen LogP contribution is -2.15. The molecule has 2 aromatic rings. The van der Waals surface area contributed by atoms with Crippen molar-refractivity contribution in [3.8, 4) is 5.69 Å². The van der Waals surface area contributed by atoms with Gasteiger partial charge in [0.1, 0.15) is 10.7 Å². The summed E-state index contributed by atoms with van der Waals surface area (Å²) in [5.41, 5.74) is 7.31. The van der Waals surface area contributed by atoms with Gasteiger partial charge < -0.3 is 15.0 Å². The number of carbonyl (C=O) groups is 1. The molecule has 18 heavy (non-hydrogen) atoms. The van der Waals surface area contributed by atoms with Crippen LogP contribution in [-0.4, -0.2) is 27.6 Å². The quantitative estimate of drug-likeness (QED) is 0.666. The molecule has 2 aromatic heterocycles. The van der Waals surface area contributed by atoms with Gasteiger partial charge in [0.05, 0.1) is 12.8 Å². The van der Waals surface area contributed by atoms with E-state index in [2.05, 4.69) is 9.72 Å². The van der Waals surface area contributed by atoms with E-state index in [0.29, 0.717) is 5.69 Å². The van der Waals surface area contributed by atoms with E-state index in [0.717, 1.165) is 5.69 Å². The zero-order chi connectivity index (χ0) is 13.1. The van der Waals surface area contributed by atoms with Gasteiger partial charge in [0.25, 0.3) is 0 Å². The zero-order valence-corrected chi connectivity index (χ0v) is 10.5. The van der Waals surface area contributed by atoms with E-state index in [1.54, 1.807) is 22.8 Å². The Kier molecular flexibility index (Phi) is 3.38. The Morgan fingerprint density at radius 1 is 1.50 bits per heavy atom. The third-order valence-corrected chi connectivity index (χ3v) is 2.63. The van der Waals surface area contributed by atoms with Crippen molar-refractivity contribution < 1.29 is 9.53 Å².